The van der Waals surface area contributed by atoms with Gasteiger partial charge in [0.2, 0.25) is 0 Å². The monoisotopic (exact) mass is 574 g/mol. The van der Waals surface area contributed by atoms with E-state index in [2.05, 4.69) is 16.0 Å². The van der Waals surface area contributed by atoms with Gasteiger partial charge in [-0.1, -0.05) is 41.4 Å². The Kier molecular flexibility index (Phi) is 8.43. The Hall–Kier alpha value is -4.20. The minimum Gasteiger partial charge on any atom is -0.493 e. The molecule has 0 bridgehead atoms. The molecule has 4 aromatic rings. The zero-order valence-electron chi connectivity index (χ0n) is 22.0. The van der Waals surface area contributed by atoms with Gasteiger partial charge in [0.15, 0.2) is 11.5 Å². The fraction of sp³-hybridized carbons (Fsp3) is 0.161. The fourth-order valence-corrected chi connectivity index (χ4v) is 4.96. The highest BCUT2D eigenvalue weighted by atomic mass is 35.5. The van der Waals surface area contributed by atoms with Crippen LogP contribution >= 0.6 is 23.2 Å². The average molecular weight is 575 g/mol. The third-order valence-corrected chi connectivity index (χ3v) is 7.09. The van der Waals surface area contributed by atoms with Gasteiger partial charge in [0.05, 0.1) is 14.2 Å². The zero-order chi connectivity index (χ0) is 28.1. The van der Waals surface area contributed by atoms with E-state index in [-0.39, 0.29) is 11.9 Å². The third-order valence-electron chi connectivity index (χ3n) is 6.60. The van der Waals surface area contributed by atoms with Crippen LogP contribution in [-0.2, 0) is 6.42 Å². The molecule has 0 saturated heterocycles. The van der Waals surface area contributed by atoms with Crippen molar-refractivity contribution in [1.82, 2.24) is 0 Å². The van der Waals surface area contributed by atoms with Crippen molar-refractivity contribution in [2.45, 2.75) is 12.3 Å². The number of benzene rings is 4. The number of halogens is 2. The van der Waals surface area contributed by atoms with Crippen molar-refractivity contribution in [3.63, 3.8) is 0 Å². The predicted octanol–water partition coefficient (Wildman–Crippen LogP) is 7.85. The second kappa shape index (κ2) is 12.3. The second-order valence-electron chi connectivity index (χ2n) is 9.30. The number of nitrogens with zero attached hydrogens (tertiary/aromatic N) is 1. The summed E-state index contributed by atoms with van der Waals surface area (Å²) in [6.07, 6.45) is 0.758. The van der Waals surface area contributed by atoms with Crippen molar-refractivity contribution in [2.75, 3.05) is 36.7 Å². The molecule has 0 saturated carbocycles. The number of ether oxygens (including phenoxy) is 2. The van der Waals surface area contributed by atoms with Gasteiger partial charge in [-0.3, -0.25) is 4.99 Å². The molecule has 3 N–H and O–H groups in total. The number of anilines is 3. The number of urea groups is 1. The van der Waals surface area contributed by atoms with E-state index in [1.807, 2.05) is 60.7 Å². The van der Waals surface area contributed by atoms with E-state index in [0.29, 0.717) is 39.5 Å². The first kappa shape index (κ1) is 27.4. The van der Waals surface area contributed by atoms with Crippen LogP contribution in [0.25, 0.3) is 0 Å². The first-order valence-corrected chi connectivity index (χ1v) is 13.4. The highest BCUT2D eigenvalue weighted by Gasteiger charge is 2.26. The molecule has 204 valence electrons. The molecule has 0 fully saturated rings. The average Bonchev–Trinajstić information content (AvgIpc) is 2.96. The Morgan fingerprint density at radius 2 is 1.48 bits per heavy atom. The van der Waals surface area contributed by atoms with Crippen LogP contribution in [-0.4, -0.2) is 32.6 Å². The molecule has 1 unspecified atom stereocenters. The topological polar surface area (TPSA) is 84.0 Å². The van der Waals surface area contributed by atoms with Crippen molar-refractivity contribution in [3.05, 3.63) is 112 Å². The maximum atomic E-state index is 12.4. The molecule has 9 heteroatoms. The first-order valence-electron chi connectivity index (χ1n) is 12.7. The van der Waals surface area contributed by atoms with Crippen LogP contribution in [0.2, 0.25) is 10.0 Å². The number of amides is 2. The highest BCUT2D eigenvalue weighted by Crippen LogP contribution is 2.38. The molecule has 2 amide bonds. The molecule has 40 heavy (non-hydrogen) atoms. The summed E-state index contributed by atoms with van der Waals surface area (Å²) < 4.78 is 11.2. The molecular weight excluding hydrogens is 547 g/mol. The standard InChI is InChI=1S/C31H28Cl2N4O3/c1-39-28-16-26-20(18-34-30(27(26)17-29(28)40-2)35-25-5-3-4-22(33)15-25)14-19-6-10-23(11-7-19)36-31(38)37-24-12-8-21(32)9-13-24/h3-13,15-17,20H,14,18H2,1-2H3,(H,34,35)(H2,36,37,38). The SMILES string of the molecule is COc1cc2c(cc1OC)C(Cc1ccc(NC(=O)Nc3ccc(Cl)cc3)cc1)CN=C2Nc1cccc(Cl)c1. The molecule has 1 heterocycles. The van der Waals surface area contributed by atoms with Crippen LogP contribution in [0.1, 0.15) is 22.6 Å². The van der Waals surface area contributed by atoms with Crippen LogP contribution in [0.15, 0.2) is 89.9 Å². The van der Waals surface area contributed by atoms with Crippen LogP contribution in [0.4, 0.5) is 21.9 Å². The first-order chi connectivity index (χ1) is 19.4. The number of methoxy groups -OCH3 is 2. The number of hydrogen-bond acceptors (Lipinski definition) is 5. The normalized spacial score (nSPS) is 14.0. The Bertz CT molecular complexity index is 1540. The molecule has 1 aliphatic heterocycles. The lowest BCUT2D eigenvalue weighted by Crippen LogP contribution is -2.25. The van der Waals surface area contributed by atoms with E-state index in [4.69, 9.17) is 37.7 Å². The third kappa shape index (κ3) is 6.50. The summed E-state index contributed by atoms with van der Waals surface area (Å²) in [4.78, 5) is 17.3. The van der Waals surface area contributed by atoms with Gasteiger partial charge < -0.3 is 25.4 Å². The van der Waals surface area contributed by atoms with Crippen molar-refractivity contribution in [2.24, 2.45) is 4.99 Å². The van der Waals surface area contributed by atoms with Crippen molar-refractivity contribution in [3.8, 4) is 11.5 Å². The Balaban J connectivity index is 1.32. The van der Waals surface area contributed by atoms with Gasteiger partial charge in [0.1, 0.15) is 5.84 Å². The Morgan fingerprint density at radius 1 is 0.825 bits per heavy atom. The van der Waals surface area contributed by atoms with E-state index in [9.17, 15) is 4.79 Å². The molecular formula is C31H28Cl2N4O3. The number of aliphatic imine (C=N–C) groups is 1. The minimum atomic E-state index is -0.327. The quantitative estimate of drug-likeness (QED) is 0.210. The van der Waals surface area contributed by atoms with Crippen molar-refractivity contribution >= 4 is 52.1 Å². The predicted molar refractivity (Wildman–Crippen MR) is 163 cm³/mol. The number of carbonyl (C=O) groups excluding carboxylic acids is 1. The van der Waals surface area contributed by atoms with Gasteiger partial charge >= 0.3 is 6.03 Å². The van der Waals surface area contributed by atoms with E-state index in [1.54, 1.807) is 38.5 Å². The zero-order valence-corrected chi connectivity index (χ0v) is 23.5. The molecule has 1 atom stereocenters. The van der Waals surface area contributed by atoms with Crippen LogP contribution < -0.4 is 25.4 Å². The molecule has 0 aromatic heterocycles. The van der Waals surface area contributed by atoms with Crippen LogP contribution in [0, 0.1) is 0 Å². The molecule has 5 rings (SSSR count). The number of nitrogens with one attached hydrogen (secondary N) is 3. The Labute approximate surface area is 243 Å². The van der Waals surface area contributed by atoms with E-state index >= 15 is 0 Å². The van der Waals surface area contributed by atoms with Gasteiger partial charge in [0, 0.05) is 45.1 Å². The maximum Gasteiger partial charge on any atom is 0.323 e. The van der Waals surface area contributed by atoms with Gasteiger partial charge in [-0.15, -0.1) is 0 Å². The second-order valence-corrected chi connectivity index (χ2v) is 10.2. The number of fused-ring (bicyclic) bond motifs is 1. The number of rotatable bonds is 7. The molecule has 0 radical (unpaired) electrons. The summed E-state index contributed by atoms with van der Waals surface area (Å²) in [6, 6.07) is 26.0. The van der Waals surface area contributed by atoms with E-state index in [0.717, 1.165) is 34.6 Å². The van der Waals surface area contributed by atoms with E-state index < -0.39 is 0 Å². The summed E-state index contributed by atoms with van der Waals surface area (Å²) in [7, 11) is 3.26. The summed E-state index contributed by atoms with van der Waals surface area (Å²) in [5, 5.41) is 10.3. The smallest absolute Gasteiger partial charge is 0.323 e. The number of amidine groups is 1. The lowest BCUT2D eigenvalue weighted by Gasteiger charge is -2.27. The molecule has 0 aliphatic carbocycles. The maximum absolute atomic E-state index is 12.4. The van der Waals surface area contributed by atoms with Gasteiger partial charge in [-0.05, 0) is 84.3 Å². The Morgan fingerprint density at radius 3 is 2.12 bits per heavy atom. The largest absolute Gasteiger partial charge is 0.493 e. The van der Waals surface area contributed by atoms with Gasteiger partial charge in [0.25, 0.3) is 0 Å². The van der Waals surface area contributed by atoms with E-state index in [1.165, 1.54) is 0 Å². The molecule has 4 aromatic carbocycles. The molecule has 1 aliphatic rings. The summed E-state index contributed by atoms with van der Waals surface area (Å²) in [5.74, 6) is 2.17. The summed E-state index contributed by atoms with van der Waals surface area (Å²) in [6.45, 7) is 0.592. The van der Waals surface area contributed by atoms with Crippen molar-refractivity contribution in [1.29, 1.82) is 0 Å². The number of hydrogen-bond donors (Lipinski definition) is 3. The molecule has 7 nitrogen and oxygen atoms in total. The lowest BCUT2D eigenvalue weighted by atomic mass is 9.86. The van der Waals surface area contributed by atoms with Crippen molar-refractivity contribution < 1.29 is 14.3 Å². The summed E-state index contributed by atoms with van der Waals surface area (Å²) in [5.41, 5.74) is 5.39. The summed E-state index contributed by atoms with van der Waals surface area (Å²) >= 11 is 12.1. The van der Waals surface area contributed by atoms with Crippen LogP contribution in [0.5, 0.6) is 11.5 Å². The minimum absolute atomic E-state index is 0.117. The highest BCUT2D eigenvalue weighted by molar-refractivity contribution is 6.31. The van der Waals surface area contributed by atoms with Gasteiger partial charge in [-0.2, -0.15) is 0 Å². The number of carbonyl (C=O) groups is 1. The molecule has 0 spiro atoms. The van der Waals surface area contributed by atoms with Gasteiger partial charge in [-0.25, -0.2) is 4.79 Å². The fourth-order valence-electron chi connectivity index (χ4n) is 4.64. The lowest BCUT2D eigenvalue weighted by molar-refractivity contribution is 0.262. The van der Waals surface area contributed by atoms with Crippen LogP contribution in [0.3, 0.4) is 0 Å².